The highest BCUT2D eigenvalue weighted by Gasteiger charge is 2.20. The molecule has 0 unspecified atom stereocenters. The molecule has 0 radical (unpaired) electrons. The van der Waals surface area contributed by atoms with E-state index in [1.165, 1.54) is 41.6 Å². The lowest BCUT2D eigenvalue weighted by atomic mass is 10.1. The lowest BCUT2D eigenvalue weighted by molar-refractivity contribution is -0.120. The Hall–Kier alpha value is -2.77. The van der Waals surface area contributed by atoms with Crippen molar-refractivity contribution in [3.8, 4) is 17.2 Å². The van der Waals surface area contributed by atoms with Crippen LogP contribution in [0.3, 0.4) is 0 Å². The van der Waals surface area contributed by atoms with Crippen molar-refractivity contribution in [3.05, 3.63) is 63.7 Å². The van der Waals surface area contributed by atoms with Gasteiger partial charge in [0.1, 0.15) is 0 Å². The standard InChI is InChI=1S/C26H32ClN5O2/c1-19(2)15-23(33)18-31-25(21-7-6-8-22(27)16-21)29-32(26(31)34)24-10-9-20(17-28-24)11-14-30-12-4-3-5-13-30/h6-10,16-17,19H,3-5,11-15,18H2,1-2H3. The van der Waals surface area contributed by atoms with Gasteiger partial charge in [-0.25, -0.2) is 9.78 Å². The maximum Gasteiger partial charge on any atom is 0.352 e. The molecule has 0 amide bonds. The van der Waals surface area contributed by atoms with Gasteiger partial charge in [0.2, 0.25) is 0 Å². The summed E-state index contributed by atoms with van der Waals surface area (Å²) in [7, 11) is 0. The first-order valence-corrected chi connectivity index (χ1v) is 12.4. The molecule has 8 heteroatoms. The van der Waals surface area contributed by atoms with E-state index in [2.05, 4.69) is 15.0 Å². The molecule has 0 atom stereocenters. The van der Waals surface area contributed by atoms with Crippen molar-refractivity contribution in [1.29, 1.82) is 0 Å². The van der Waals surface area contributed by atoms with Gasteiger partial charge < -0.3 is 4.90 Å². The van der Waals surface area contributed by atoms with Crippen LogP contribution in [-0.2, 0) is 17.8 Å². The first-order valence-electron chi connectivity index (χ1n) is 12.1. The highest BCUT2D eigenvalue weighted by molar-refractivity contribution is 6.30. The third-order valence-electron chi connectivity index (χ3n) is 6.11. The summed E-state index contributed by atoms with van der Waals surface area (Å²) in [6.07, 6.45) is 7.02. The topological polar surface area (TPSA) is 73.0 Å². The fourth-order valence-electron chi connectivity index (χ4n) is 4.39. The number of halogens is 1. The Balaban J connectivity index is 1.60. The fraction of sp³-hybridized carbons (Fsp3) is 0.462. The summed E-state index contributed by atoms with van der Waals surface area (Å²) in [6, 6.07) is 11.0. The van der Waals surface area contributed by atoms with Gasteiger partial charge in [0, 0.05) is 29.7 Å². The predicted octanol–water partition coefficient (Wildman–Crippen LogP) is 4.39. The molecule has 34 heavy (non-hydrogen) atoms. The minimum Gasteiger partial charge on any atom is -0.303 e. The summed E-state index contributed by atoms with van der Waals surface area (Å²) in [5.74, 6) is 1.04. The number of aromatic nitrogens is 4. The lowest BCUT2D eigenvalue weighted by Gasteiger charge is -2.26. The molecule has 1 fully saturated rings. The molecule has 180 valence electrons. The third kappa shape index (κ3) is 6.02. The first kappa shape index (κ1) is 24.4. The number of carbonyl (C=O) groups is 1. The Morgan fingerprint density at radius 1 is 1.12 bits per heavy atom. The second kappa shape index (κ2) is 11.1. The van der Waals surface area contributed by atoms with Crippen molar-refractivity contribution >= 4 is 17.4 Å². The van der Waals surface area contributed by atoms with Crippen molar-refractivity contribution in [2.75, 3.05) is 19.6 Å². The molecule has 4 rings (SSSR count). The number of nitrogens with zero attached hydrogens (tertiary/aromatic N) is 5. The quantitative estimate of drug-likeness (QED) is 0.453. The van der Waals surface area contributed by atoms with Crippen LogP contribution >= 0.6 is 11.6 Å². The van der Waals surface area contributed by atoms with E-state index in [0.717, 1.165) is 18.5 Å². The largest absolute Gasteiger partial charge is 0.352 e. The van der Waals surface area contributed by atoms with Crippen LogP contribution in [0.5, 0.6) is 0 Å². The summed E-state index contributed by atoms with van der Waals surface area (Å²) in [6.45, 7) is 7.29. The summed E-state index contributed by atoms with van der Waals surface area (Å²) >= 11 is 6.18. The number of hydrogen-bond donors (Lipinski definition) is 0. The summed E-state index contributed by atoms with van der Waals surface area (Å²) in [4.78, 5) is 32.9. The molecule has 0 aliphatic carbocycles. The van der Waals surface area contributed by atoms with Gasteiger partial charge in [-0.3, -0.25) is 9.36 Å². The van der Waals surface area contributed by atoms with E-state index in [4.69, 9.17) is 11.6 Å². The van der Waals surface area contributed by atoms with Crippen molar-refractivity contribution in [1.82, 2.24) is 24.2 Å². The zero-order chi connectivity index (χ0) is 24.1. The number of Topliss-reactive ketones (excluding diaryl/α,β-unsaturated/α-hetero) is 1. The molecule has 1 aliphatic heterocycles. The monoisotopic (exact) mass is 481 g/mol. The first-order chi connectivity index (χ1) is 16.4. The van der Waals surface area contributed by atoms with Crippen molar-refractivity contribution in [3.63, 3.8) is 0 Å². The van der Waals surface area contributed by atoms with Gasteiger partial charge in [-0.1, -0.05) is 50.1 Å². The van der Waals surface area contributed by atoms with E-state index >= 15 is 0 Å². The number of piperidine rings is 1. The second-order valence-electron chi connectivity index (χ2n) is 9.43. The van der Waals surface area contributed by atoms with Crippen LogP contribution in [-0.4, -0.2) is 49.6 Å². The maximum absolute atomic E-state index is 13.3. The van der Waals surface area contributed by atoms with E-state index in [1.54, 1.807) is 18.2 Å². The third-order valence-corrected chi connectivity index (χ3v) is 6.34. The molecule has 7 nitrogen and oxygen atoms in total. The smallest absolute Gasteiger partial charge is 0.303 e. The average molecular weight is 482 g/mol. The number of hydrogen-bond acceptors (Lipinski definition) is 5. The predicted molar refractivity (Wildman–Crippen MR) is 135 cm³/mol. The molecule has 1 saturated heterocycles. The molecule has 1 aliphatic rings. The molecule has 1 aromatic carbocycles. The van der Waals surface area contributed by atoms with E-state index in [0.29, 0.717) is 28.6 Å². The van der Waals surface area contributed by atoms with Crippen LogP contribution in [0.2, 0.25) is 5.02 Å². The van der Waals surface area contributed by atoms with Gasteiger partial charge in [-0.05, 0) is 62.0 Å². The summed E-state index contributed by atoms with van der Waals surface area (Å²) in [5.41, 5.74) is 1.42. The Morgan fingerprint density at radius 3 is 2.59 bits per heavy atom. The van der Waals surface area contributed by atoms with Gasteiger partial charge in [-0.2, -0.15) is 4.68 Å². The normalized spacial score (nSPS) is 14.6. The molecular formula is C26H32ClN5O2. The molecule has 0 N–H and O–H groups in total. The summed E-state index contributed by atoms with van der Waals surface area (Å²) < 4.78 is 2.69. The number of pyridine rings is 1. The van der Waals surface area contributed by atoms with Crippen LogP contribution in [0, 0.1) is 5.92 Å². The zero-order valence-electron chi connectivity index (χ0n) is 19.9. The molecular weight excluding hydrogens is 450 g/mol. The van der Waals surface area contributed by atoms with Gasteiger partial charge >= 0.3 is 5.69 Å². The lowest BCUT2D eigenvalue weighted by Crippen LogP contribution is -2.31. The van der Waals surface area contributed by atoms with Gasteiger partial charge in [0.15, 0.2) is 17.4 Å². The molecule has 0 spiro atoms. The Labute approximate surface area is 205 Å². The SMILES string of the molecule is CC(C)CC(=O)Cn1c(-c2cccc(Cl)c2)nn(-c2ccc(CCN3CCCCC3)cn2)c1=O. The second-order valence-corrected chi connectivity index (χ2v) is 9.86. The van der Waals surface area contributed by atoms with Crippen LogP contribution in [0.15, 0.2) is 47.4 Å². The van der Waals surface area contributed by atoms with Crippen LogP contribution in [0.25, 0.3) is 17.2 Å². The van der Waals surface area contributed by atoms with Crippen LogP contribution in [0.4, 0.5) is 0 Å². The van der Waals surface area contributed by atoms with Crippen LogP contribution in [0.1, 0.15) is 45.1 Å². The number of ketones is 1. The molecule has 3 heterocycles. The summed E-state index contributed by atoms with van der Waals surface area (Å²) in [5, 5.41) is 5.10. The Kier molecular flexibility index (Phi) is 7.95. The average Bonchev–Trinajstić information content (AvgIpc) is 3.14. The van der Waals surface area contributed by atoms with E-state index in [1.807, 2.05) is 38.2 Å². The van der Waals surface area contributed by atoms with Gasteiger partial charge in [0.25, 0.3) is 0 Å². The molecule has 0 saturated carbocycles. The number of rotatable bonds is 9. The van der Waals surface area contributed by atoms with E-state index < -0.39 is 0 Å². The minimum atomic E-state index is -0.388. The van der Waals surface area contributed by atoms with Crippen molar-refractivity contribution in [2.24, 2.45) is 5.92 Å². The highest BCUT2D eigenvalue weighted by atomic mass is 35.5. The van der Waals surface area contributed by atoms with Gasteiger partial charge in [-0.15, -0.1) is 5.10 Å². The van der Waals surface area contributed by atoms with Gasteiger partial charge in [0.05, 0.1) is 6.54 Å². The minimum absolute atomic E-state index is 0.0130. The molecule has 0 bridgehead atoms. The molecule has 2 aromatic heterocycles. The Morgan fingerprint density at radius 2 is 1.91 bits per heavy atom. The van der Waals surface area contributed by atoms with Crippen molar-refractivity contribution in [2.45, 2.75) is 52.5 Å². The number of carbonyl (C=O) groups excluding carboxylic acids is 1. The fourth-order valence-corrected chi connectivity index (χ4v) is 4.58. The number of likely N-dealkylation sites (tertiary alicyclic amines) is 1. The number of benzene rings is 1. The van der Waals surface area contributed by atoms with Crippen molar-refractivity contribution < 1.29 is 4.79 Å². The highest BCUT2D eigenvalue weighted by Crippen LogP contribution is 2.21. The van der Waals surface area contributed by atoms with Crippen LogP contribution < -0.4 is 5.69 Å². The maximum atomic E-state index is 13.3. The zero-order valence-corrected chi connectivity index (χ0v) is 20.7. The molecule has 3 aromatic rings. The van der Waals surface area contributed by atoms with E-state index in [9.17, 15) is 9.59 Å². The van der Waals surface area contributed by atoms with E-state index in [-0.39, 0.29) is 23.9 Å². The Bertz CT molecular complexity index is 1180.